The highest BCUT2D eigenvalue weighted by Crippen LogP contribution is 2.32. The van der Waals surface area contributed by atoms with Gasteiger partial charge in [-0.15, -0.1) is 0 Å². The van der Waals surface area contributed by atoms with Gasteiger partial charge in [0.15, 0.2) is 0 Å². The lowest BCUT2D eigenvalue weighted by atomic mass is 9.77. The Morgan fingerprint density at radius 2 is 1.81 bits per heavy atom. The molecule has 1 saturated carbocycles. The monoisotopic (exact) mass is 222 g/mol. The first-order valence-electron chi connectivity index (χ1n) is 5.84. The van der Waals surface area contributed by atoms with E-state index in [1.165, 1.54) is 31.4 Å². The lowest BCUT2D eigenvalue weighted by molar-refractivity contribution is 0.422. The third-order valence-electron chi connectivity index (χ3n) is 3.38. The van der Waals surface area contributed by atoms with Gasteiger partial charge in [-0.3, -0.25) is 0 Å². The lowest BCUT2D eigenvalue weighted by Crippen LogP contribution is -2.32. The molecule has 0 heterocycles. The Kier molecular flexibility index (Phi) is 3.61. The number of halogens is 1. The molecular weight excluding hydrogens is 206 g/mol. The molecule has 0 amide bonds. The highest BCUT2D eigenvalue weighted by Gasteiger charge is 2.20. The van der Waals surface area contributed by atoms with Gasteiger partial charge in [0, 0.05) is 5.46 Å². The Bertz CT molecular complexity index is 362. The van der Waals surface area contributed by atoms with Crippen LogP contribution in [0.2, 0.25) is 0 Å². The standard InChI is InChI=1S/C12H16BFO2/c14-12-8-10(6-7-11(12)13(15)16)9-4-2-1-3-5-9/h6-9,15-16H,1-5H2. The van der Waals surface area contributed by atoms with Crippen molar-refractivity contribution >= 4 is 12.6 Å². The fourth-order valence-electron chi connectivity index (χ4n) is 2.44. The van der Waals surface area contributed by atoms with E-state index in [2.05, 4.69) is 0 Å². The van der Waals surface area contributed by atoms with E-state index in [0.717, 1.165) is 18.4 Å². The average Bonchev–Trinajstić information content (AvgIpc) is 2.29. The predicted molar refractivity (Wildman–Crippen MR) is 62.1 cm³/mol. The van der Waals surface area contributed by atoms with Gasteiger partial charge in [0.2, 0.25) is 0 Å². The van der Waals surface area contributed by atoms with Crippen LogP contribution in [0, 0.1) is 5.82 Å². The number of rotatable bonds is 2. The van der Waals surface area contributed by atoms with E-state index >= 15 is 0 Å². The summed E-state index contributed by atoms with van der Waals surface area (Å²) >= 11 is 0. The first kappa shape index (κ1) is 11.6. The van der Waals surface area contributed by atoms with Crippen molar-refractivity contribution in [2.45, 2.75) is 38.0 Å². The summed E-state index contributed by atoms with van der Waals surface area (Å²) in [6.07, 6.45) is 5.90. The first-order chi connectivity index (χ1) is 7.68. The van der Waals surface area contributed by atoms with Crippen molar-refractivity contribution in [3.63, 3.8) is 0 Å². The quantitative estimate of drug-likeness (QED) is 0.745. The van der Waals surface area contributed by atoms with Gasteiger partial charge in [-0.25, -0.2) is 4.39 Å². The molecule has 86 valence electrons. The fraction of sp³-hybridized carbons (Fsp3) is 0.500. The van der Waals surface area contributed by atoms with Crippen molar-refractivity contribution < 1.29 is 14.4 Å². The van der Waals surface area contributed by atoms with Crippen molar-refractivity contribution in [3.05, 3.63) is 29.6 Å². The van der Waals surface area contributed by atoms with Crippen LogP contribution in [-0.4, -0.2) is 17.2 Å². The molecule has 1 aromatic rings. The molecule has 0 atom stereocenters. The lowest BCUT2D eigenvalue weighted by Gasteiger charge is -2.22. The van der Waals surface area contributed by atoms with Crippen LogP contribution in [0.25, 0.3) is 0 Å². The second-order valence-electron chi connectivity index (χ2n) is 4.49. The molecule has 1 aliphatic carbocycles. The Labute approximate surface area is 95.3 Å². The predicted octanol–water partition coefficient (Wildman–Crippen LogP) is 1.55. The maximum absolute atomic E-state index is 13.5. The van der Waals surface area contributed by atoms with Crippen LogP contribution >= 0.6 is 0 Å². The third-order valence-corrected chi connectivity index (χ3v) is 3.38. The summed E-state index contributed by atoms with van der Waals surface area (Å²) in [4.78, 5) is 0. The molecular formula is C12H16BFO2. The number of hydrogen-bond acceptors (Lipinski definition) is 2. The van der Waals surface area contributed by atoms with Crippen LogP contribution in [0.15, 0.2) is 18.2 Å². The molecule has 0 unspecified atom stereocenters. The normalized spacial score (nSPS) is 17.4. The van der Waals surface area contributed by atoms with Crippen molar-refractivity contribution in [2.75, 3.05) is 0 Å². The van der Waals surface area contributed by atoms with E-state index in [9.17, 15) is 4.39 Å². The Morgan fingerprint density at radius 1 is 1.12 bits per heavy atom. The molecule has 4 heteroatoms. The molecule has 16 heavy (non-hydrogen) atoms. The molecule has 0 saturated heterocycles. The maximum Gasteiger partial charge on any atom is 0.491 e. The van der Waals surface area contributed by atoms with Gasteiger partial charge in [0.1, 0.15) is 5.82 Å². The number of benzene rings is 1. The van der Waals surface area contributed by atoms with Crippen molar-refractivity contribution in [2.24, 2.45) is 0 Å². The highest BCUT2D eigenvalue weighted by atomic mass is 19.1. The molecule has 0 radical (unpaired) electrons. The van der Waals surface area contributed by atoms with Gasteiger partial charge >= 0.3 is 7.12 Å². The minimum Gasteiger partial charge on any atom is -0.423 e. The van der Waals surface area contributed by atoms with E-state index < -0.39 is 12.9 Å². The van der Waals surface area contributed by atoms with Gasteiger partial charge < -0.3 is 10.0 Å². The summed E-state index contributed by atoms with van der Waals surface area (Å²) < 4.78 is 13.5. The van der Waals surface area contributed by atoms with E-state index in [4.69, 9.17) is 10.0 Å². The van der Waals surface area contributed by atoms with Crippen molar-refractivity contribution in [3.8, 4) is 0 Å². The van der Waals surface area contributed by atoms with Crippen molar-refractivity contribution in [1.82, 2.24) is 0 Å². The molecule has 0 aromatic heterocycles. The molecule has 1 fully saturated rings. The first-order valence-corrected chi connectivity index (χ1v) is 5.84. The molecule has 1 aliphatic rings. The largest absolute Gasteiger partial charge is 0.491 e. The molecule has 2 N–H and O–H groups in total. The van der Waals surface area contributed by atoms with Crippen molar-refractivity contribution in [1.29, 1.82) is 0 Å². The molecule has 1 aromatic carbocycles. The van der Waals surface area contributed by atoms with Gasteiger partial charge in [0.05, 0.1) is 0 Å². The molecule has 0 bridgehead atoms. The van der Waals surface area contributed by atoms with Crippen LogP contribution in [0.1, 0.15) is 43.6 Å². The zero-order valence-corrected chi connectivity index (χ0v) is 9.19. The second-order valence-corrected chi connectivity index (χ2v) is 4.49. The van der Waals surface area contributed by atoms with Gasteiger partial charge in [-0.1, -0.05) is 31.4 Å². The third kappa shape index (κ3) is 2.44. The fourth-order valence-corrected chi connectivity index (χ4v) is 2.44. The smallest absolute Gasteiger partial charge is 0.423 e. The molecule has 2 nitrogen and oxygen atoms in total. The van der Waals surface area contributed by atoms with Crippen LogP contribution in [0.4, 0.5) is 4.39 Å². The molecule has 2 rings (SSSR count). The van der Waals surface area contributed by atoms with Gasteiger partial charge in [-0.05, 0) is 30.4 Å². The van der Waals surface area contributed by atoms with Gasteiger partial charge in [-0.2, -0.15) is 0 Å². The summed E-state index contributed by atoms with van der Waals surface area (Å²) in [5.41, 5.74) is 0.946. The summed E-state index contributed by atoms with van der Waals surface area (Å²) in [7, 11) is -1.72. The SMILES string of the molecule is OB(O)c1ccc(C2CCCCC2)cc1F. The average molecular weight is 222 g/mol. The Morgan fingerprint density at radius 3 is 2.38 bits per heavy atom. The van der Waals surface area contributed by atoms with E-state index in [1.54, 1.807) is 0 Å². The van der Waals surface area contributed by atoms with E-state index in [-0.39, 0.29) is 5.46 Å². The molecule has 0 spiro atoms. The summed E-state index contributed by atoms with van der Waals surface area (Å²) in [5, 5.41) is 17.8. The summed E-state index contributed by atoms with van der Waals surface area (Å²) in [6, 6.07) is 4.74. The van der Waals surface area contributed by atoms with Crippen LogP contribution in [-0.2, 0) is 0 Å². The minimum atomic E-state index is -1.72. The maximum atomic E-state index is 13.5. The second kappa shape index (κ2) is 4.98. The zero-order chi connectivity index (χ0) is 11.5. The molecule has 0 aliphatic heterocycles. The summed E-state index contributed by atoms with van der Waals surface area (Å²) in [5.74, 6) is -0.0776. The van der Waals surface area contributed by atoms with Crippen LogP contribution in [0.3, 0.4) is 0 Å². The summed E-state index contributed by atoms with van der Waals surface area (Å²) in [6.45, 7) is 0. The minimum absolute atomic E-state index is 0.0421. The van der Waals surface area contributed by atoms with E-state index in [0.29, 0.717) is 5.92 Å². The highest BCUT2D eigenvalue weighted by molar-refractivity contribution is 6.58. The number of hydrogen-bond donors (Lipinski definition) is 2. The van der Waals surface area contributed by atoms with Crippen LogP contribution in [0.5, 0.6) is 0 Å². The topological polar surface area (TPSA) is 40.5 Å². The zero-order valence-electron chi connectivity index (χ0n) is 9.19. The van der Waals surface area contributed by atoms with Gasteiger partial charge in [0.25, 0.3) is 0 Å². The Hall–Kier alpha value is -0.865. The Balaban J connectivity index is 2.19. The van der Waals surface area contributed by atoms with Crippen LogP contribution < -0.4 is 5.46 Å². The van der Waals surface area contributed by atoms with E-state index in [1.807, 2.05) is 6.07 Å².